The average Bonchev–Trinajstić information content (AvgIpc) is 2.69. The molecule has 0 atom stereocenters. The summed E-state index contributed by atoms with van der Waals surface area (Å²) < 4.78 is 0. The lowest BCUT2D eigenvalue weighted by molar-refractivity contribution is -0.133. The van der Waals surface area contributed by atoms with Crippen LogP contribution in [-0.4, -0.2) is 73.5 Å². The molecule has 1 saturated carbocycles. The molecule has 0 aromatic heterocycles. The number of hydrogen-bond acceptors (Lipinski definition) is 4. The lowest BCUT2D eigenvalue weighted by Gasteiger charge is -2.35. The van der Waals surface area contributed by atoms with E-state index in [1.165, 1.54) is 25.7 Å². The van der Waals surface area contributed by atoms with Crippen LogP contribution in [0.25, 0.3) is 0 Å². The summed E-state index contributed by atoms with van der Waals surface area (Å²) in [5.74, 6) is 1.97. The molecule has 2 heterocycles. The second-order valence-electron chi connectivity index (χ2n) is 8.91. The molecule has 2 aliphatic heterocycles. The number of rotatable bonds is 6. The molecule has 2 N–H and O–H groups in total. The monoisotopic (exact) mass is 378 g/mol. The van der Waals surface area contributed by atoms with Crippen LogP contribution in [0.4, 0.5) is 0 Å². The van der Waals surface area contributed by atoms with E-state index in [9.17, 15) is 9.59 Å². The van der Waals surface area contributed by atoms with Gasteiger partial charge < -0.3 is 15.5 Å². The fourth-order valence-corrected chi connectivity index (χ4v) is 4.69. The van der Waals surface area contributed by atoms with Crippen LogP contribution in [0.5, 0.6) is 0 Å². The molecular weight excluding hydrogens is 340 g/mol. The normalized spacial score (nSPS) is 28.1. The lowest BCUT2D eigenvalue weighted by atomic mass is 9.87. The molecule has 6 nitrogen and oxygen atoms in total. The van der Waals surface area contributed by atoms with E-state index in [1.807, 2.05) is 4.90 Å². The van der Waals surface area contributed by atoms with Gasteiger partial charge in [-0.1, -0.05) is 6.92 Å². The van der Waals surface area contributed by atoms with Gasteiger partial charge >= 0.3 is 0 Å². The molecule has 2 saturated heterocycles. The Bertz CT molecular complexity index is 477. The minimum atomic E-state index is 0.153. The van der Waals surface area contributed by atoms with Crippen LogP contribution < -0.4 is 10.6 Å². The highest BCUT2D eigenvalue weighted by Crippen LogP contribution is 2.23. The number of amides is 2. The second kappa shape index (κ2) is 10.4. The molecule has 3 rings (SSSR count). The quantitative estimate of drug-likeness (QED) is 0.737. The minimum Gasteiger partial charge on any atom is -0.352 e. The maximum atomic E-state index is 12.5. The first-order chi connectivity index (χ1) is 13.1. The van der Waals surface area contributed by atoms with Crippen LogP contribution in [0.3, 0.4) is 0 Å². The Kier molecular flexibility index (Phi) is 7.94. The molecule has 1 aliphatic carbocycles. The summed E-state index contributed by atoms with van der Waals surface area (Å²) in [6, 6.07) is 0.367. The van der Waals surface area contributed by atoms with Crippen molar-refractivity contribution in [2.24, 2.45) is 11.8 Å². The first kappa shape index (κ1) is 20.6. The number of piperidine rings is 1. The van der Waals surface area contributed by atoms with Gasteiger partial charge in [-0.2, -0.15) is 0 Å². The van der Waals surface area contributed by atoms with Gasteiger partial charge in [0.25, 0.3) is 0 Å². The van der Waals surface area contributed by atoms with Gasteiger partial charge in [-0.3, -0.25) is 14.5 Å². The van der Waals surface area contributed by atoms with E-state index in [1.54, 1.807) is 0 Å². The lowest BCUT2D eigenvalue weighted by Crippen LogP contribution is -2.52. The Hall–Kier alpha value is -1.14. The summed E-state index contributed by atoms with van der Waals surface area (Å²) in [6.07, 6.45) is 8.81. The topological polar surface area (TPSA) is 64.7 Å². The molecule has 0 spiro atoms. The van der Waals surface area contributed by atoms with Crippen LogP contribution in [-0.2, 0) is 9.59 Å². The maximum absolute atomic E-state index is 12.5. The van der Waals surface area contributed by atoms with Crippen molar-refractivity contribution in [3.63, 3.8) is 0 Å². The van der Waals surface area contributed by atoms with Gasteiger partial charge in [0.05, 0.1) is 6.54 Å². The maximum Gasteiger partial charge on any atom is 0.234 e. The van der Waals surface area contributed by atoms with Gasteiger partial charge in [-0.15, -0.1) is 0 Å². The standard InChI is InChI=1S/C21H38N4O2/c1-17-2-5-19(6-3-17)23-20(26)16-24-12-14-25(15-13-24)21(27)7-4-18-8-10-22-11-9-18/h17-19,22H,2-16H2,1H3,(H,23,26). The molecule has 0 aromatic carbocycles. The average molecular weight is 379 g/mol. The van der Waals surface area contributed by atoms with E-state index in [2.05, 4.69) is 22.5 Å². The number of carbonyl (C=O) groups is 2. The highest BCUT2D eigenvalue weighted by atomic mass is 16.2. The Labute approximate surface area is 164 Å². The number of piperazine rings is 1. The van der Waals surface area contributed by atoms with Gasteiger partial charge in [0, 0.05) is 38.6 Å². The van der Waals surface area contributed by atoms with Crippen LogP contribution in [0.15, 0.2) is 0 Å². The molecule has 0 bridgehead atoms. The third-order valence-electron chi connectivity index (χ3n) is 6.70. The molecule has 154 valence electrons. The Morgan fingerprint density at radius 3 is 2.30 bits per heavy atom. The first-order valence-electron chi connectivity index (χ1n) is 11.1. The summed E-state index contributed by atoms with van der Waals surface area (Å²) in [4.78, 5) is 29.0. The predicted molar refractivity (Wildman–Crippen MR) is 107 cm³/mol. The highest BCUT2D eigenvalue weighted by molar-refractivity contribution is 5.78. The van der Waals surface area contributed by atoms with Crippen molar-refractivity contribution >= 4 is 11.8 Å². The number of hydrogen-bond donors (Lipinski definition) is 2. The van der Waals surface area contributed by atoms with Crippen molar-refractivity contribution in [1.82, 2.24) is 20.4 Å². The third-order valence-corrected chi connectivity index (χ3v) is 6.70. The fraction of sp³-hybridized carbons (Fsp3) is 0.905. The zero-order chi connectivity index (χ0) is 19.1. The summed E-state index contributed by atoms with van der Waals surface area (Å²) in [6.45, 7) is 8.12. The summed E-state index contributed by atoms with van der Waals surface area (Å²) in [5, 5.41) is 6.59. The van der Waals surface area contributed by atoms with Crippen molar-refractivity contribution in [3.8, 4) is 0 Å². The molecule has 3 aliphatic rings. The fourth-order valence-electron chi connectivity index (χ4n) is 4.69. The molecule has 3 fully saturated rings. The number of nitrogens with one attached hydrogen (secondary N) is 2. The molecule has 27 heavy (non-hydrogen) atoms. The van der Waals surface area contributed by atoms with E-state index in [0.717, 1.165) is 64.4 Å². The van der Waals surface area contributed by atoms with Gasteiger partial charge in [0.1, 0.15) is 0 Å². The van der Waals surface area contributed by atoms with Crippen molar-refractivity contribution in [2.45, 2.75) is 64.3 Å². The van der Waals surface area contributed by atoms with Crippen LogP contribution in [0.1, 0.15) is 58.3 Å². The molecule has 2 amide bonds. The number of nitrogens with zero attached hydrogens (tertiary/aromatic N) is 2. The molecular formula is C21H38N4O2. The van der Waals surface area contributed by atoms with E-state index in [4.69, 9.17) is 0 Å². The van der Waals surface area contributed by atoms with E-state index in [0.29, 0.717) is 30.8 Å². The van der Waals surface area contributed by atoms with Crippen molar-refractivity contribution in [2.75, 3.05) is 45.8 Å². The van der Waals surface area contributed by atoms with Gasteiger partial charge in [0.15, 0.2) is 0 Å². The third kappa shape index (κ3) is 6.75. The predicted octanol–water partition coefficient (Wildman–Crippen LogP) is 1.61. The molecule has 0 unspecified atom stereocenters. The van der Waals surface area contributed by atoms with E-state index in [-0.39, 0.29) is 5.91 Å². The zero-order valence-corrected chi connectivity index (χ0v) is 17.0. The zero-order valence-electron chi connectivity index (χ0n) is 17.0. The SMILES string of the molecule is CC1CCC(NC(=O)CN2CCN(C(=O)CCC3CCNCC3)CC2)CC1. The van der Waals surface area contributed by atoms with E-state index >= 15 is 0 Å². The van der Waals surface area contributed by atoms with Crippen molar-refractivity contribution in [1.29, 1.82) is 0 Å². The minimum absolute atomic E-state index is 0.153. The van der Waals surface area contributed by atoms with Gasteiger partial charge in [0.2, 0.25) is 11.8 Å². The van der Waals surface area contributed by atoms with Crippen LogP contribution in [0, 0.1) is 11.8 Å². The van der Waals surface area contributed by atoms with E-state index < -0.39 is 0 Å². The molecule has 6 heteroatoms. The number of carbonyl (C=O) groups excluding carboxylic acids is 2. The largest absolute Gasteiger partial charge is 0.352 e. The summed E-state index contributed by atoms with van der Waals surface area (Å²) in [7, 11) is 0. The molecule has 0 radical (unpaired) electrons. The second-order valence-corrected chi connectivity index (χ2v) is 8.91. The Balaban J connectivity index is 1.30. The van der Waals surface area contributed by atoms with Crippen molar-refractivity contribution in [3.05, 3.63) is 0 Å². The molecule has 0 aromatic rings. The van der Waals surface area contributed by atoms with Crippen LogP contribution in [0.2, 0.25) is 0 Å². The van der Waals surface area contributed by atoms with Gasteiger partial charge in [-0.25, -0.2) is 0 Å². The Morgan fingerprint density at radius 1 is 0.963 bits per heavy atom. The summed E-state index contributed by atoms with van der Waals surface area (Å²) >= 11 is 0. The highest BCUT2D eigenvalue weighted by Gasteiger charge is 2.25. The van der Waals surface area contributed by atoms with Gasteiger partial charge in [-0.05, 0) is 69.9 Å². The first-order valence-corrected chi connectivity index (χ1v) is 11.1. The summed E-state index contributed by atoms with van der Waals surface area (Å²) in [5.41, 5.74) is 0. The van der Waals surface area contributed by atoms with Crippen molar-refractivity contribution < 1.29 is 9.59 Å². The van der Waals surface area contributed by atoms with Crippen LogP contribution >= 0.6 is 0 Å². The smallest absolute Gasteiger partial charge is 0.234 e. The Morgan fingerprint density at radius 2 is 1.63 bits per heavy atom.